The first kappa shape index (κ1) is 23.8. The lowest BCUT2D eigenvalue weighted by molar-refractivity contribution is -0.122. The quantitative estimate of drug-likeness (QED) is 0.346. The summed E-state index contributed by atoms with van der Waals surface area (Å²) < 4.78 is 7.54. The molecule has 0 atom stereocenters. The molecule has 1 amide bonds. The van der Waals surface area contributed by atoms with Crippen molar-refractivity contribution in [2.24, 2.45) is 4.99 Å². The number of aliphatic imine (C=N–C) groups is 1. The Morgan fingerprint density at radius 3 is 2.55 bits per heavy atom. The third-order valence-corrected chi connectivity index (χ3v) is 5.00. The molecule has 0 spiro atoms. The maximum absolute atomic E-state index is 11.6. The molecule has 0 saturated carbocycles. The lowest BCUT2D eigenvalue weighted by Gasteiger charge is -2.15. The van der Waals surface area contributed by atoms with Crippen LogP contribution in [0.25, 0.3) is 5.69 Å². The van der Waals surface area contributed by atoms with Crippen molar-refractivity contribution in [3.05, 3.63) is 77.1 Å². The maximum atomic E-state index is 11.6. The van der Waals surface area contributed by atoms with E-state index in [1.165, 1.54) is 0 Å². The van der Waals surface area contributed by atoms with Gasteiger partial charge in [-0.15, -0.1) is 0 Å². The van der Waals surface area contributed by atoms with Gasteiger partial charge in [-0.05, 0) is 56.2 Å². The Morgan fingerprint density at radius 1 is 1.03 bits per heavy atom. The number of carbonyl (C=O) groups is 1. The molecule has 1 aromatic heterocycles. The molecular formula is C25H32N6O2. The van der Waals surface area contributed by atoms with Crippen LogP contribution >= 0.6 is 0 Å². The second-order valence-electron chi connectivity index (χ2n) is 7.64. The molecule has 0 fully saturated rings. The van der Waals surface area contributed by atoms with Crippen LogP contribution in [0.4, 0.5) is 0 Å². The number of rotatable bonds is 9. The number of nitrogens with zero attached hydrogens (tertiary/aromatic N) is 3. The molecule has 8 heteroatoms. The first-order valence-corrected chi connectivity index (χ1v) is 11.0. The van der Waals surface area contributed by atoms with Gasteiger partial charge in [0.1, 0.15) is 5.75 Å². The third kappa shape index (κ3) is 6.83. The molecule has 0 saturated heterocycles. The number of likely N-dealkylation sites (N-methyl/N-ethyl adjacent to an activating group) is 1. The van der Waals surface area contributed by atoms with Crippen molar-refractivity contribution in [1.82, 2.24) is 25.7 Å². The highest BCUT2D eigenvalue weighted by atomic mass is 16.5. The van der Waals surface area contributed by atoms with E-state index in [9.17, 15) is 4.79 Å². The number of amides is 1. The number of hydrogen-bond acceptors (Lipinski definition) is 4. The van der Waals surface area contributed by atoms with Crippen molar-refractivity contribution in [3.8, 4) is 11.4 Å². The Kier molecular flexibility index (Phi) is 8.46. The highest BCUT2D eigenvalue weighted by molar-refractivity contribution is 5.79. The van der Waals surface area contributed by atoms with Gasteiger partial charge in [-0.1, -0.05) is 30.3 Å². The minimum absolute atomic E-state index is 0.00258. The van der Waals surface area contributed by atoms with Crippen molar-refractivity contribution < 1.29 is 9.53 Å². The maximum Gasteiger partial charge on any atom is 0.257 e. The zero-order chi connectivity index (χ0) is 23.6. The van der Waals surface area contributed by atoms with Crippen LogP contribution in [0.15, 0.2) is 59.6 Å². The summed E-state index contributed by atoms with van der Waals surface area (Å²) in [5, 5.41) is 14.0. The number of carbonyl (C=O) groups excluding carboxylic acids is 1. The normalized spacial score (nSPS) is 11.2. The molecular weight excluding hydrogens is 416 g/mol. The van der Waals surface area contributed by atoms with Gasteiger partial charge in [-0.3, -0.25) is 9.79 Å². The molecule has 3 N–H and O–H groups in total. The van der Waals surface area contributed by atoms with Gasteiger partial charge in [0.15, 0.2) is 12.6 Å². The Hall–Kier alpha value is -3.81. The van der Waals surface area contributed by atoms with Crippen LogP contribution < -0.4 is 20.7 Å². The Labute approximate surface area is 195 Å². The van der Waals surface area contributed by atoms with Crippen LogP contribution in [0, 0.1) is 13.8 Å². The van der Waals surface area contributed by atoms with Crippen LogP contribution in [0.5, 0.6) is 5.75 Å². The summed E-state index contributed by atoms with van der Waals surface area (Å²) in [6.45, 7) is 7.69. The summed E-state index contributed by atoms with van der Waals surface area (Å²) in [4.78, 5) is 15.9. The van der Waals surface area contributed by atoms with Gasteiger partial charge in [-0.2, -0.15) is 5.10 Å². The smallest absolute Gasteiger partial charge is 0.257 e. The van der Waals surface area contributed by atoms with E-state index in [4.69, 9.17) is 4.74 Å². The zero-order valence-corrected chi connectivity index (χ0v) is 19.7. The molecule has 3 rings (SSSR count). The fourth-order valence-corrected chi connectivity index (χ4v) is 3.47. The summed E-state index contributed by atoms with van der Waals surface area (Å²) in [5.41, 5.74) is 5.27. The summed E-state index contributed by atoms with van der Waals surface area (Å²) in [6.07, 6.45) is 0. The number of para-hydroxylation sites is 1. The first-order valence-electron chi connectivity index (χ1n) is 11.0. The van der Waals surface area contributed by atoms with Crippen LogP contribution in [-0.2, 0) is 17.9 Å². The van der Waals surface area contributed by atoms with Crippen molar-refractivity contribution in [1.29, 1.82) is 0 Å². The average molecular weight is 449 g/mol. The van der Waals surface area contributed by atoms with Crippen molar-refractivity contribution in [3.63, 3.8) is 0 Å². The topological polar surface area (TPSA) is 92.6 Å². The molecule has 0 aliphatic rings. The van der Waals surface area contributed by atoms with E-state index in [1.807, 2.05) is 54.9 Å². The minimum Gasteiger partial charge on any atom is -0.484 e. The van der Waals surface area contributed by atoms with Gasteiger partial charge in [0.2, 0.25) is 0 Å². The molecule has 2 aromatic carbocycles. The standard InChI is InChI=1S/C25H32N6O2/c1-5-27-24(32)17-33-22-11-8-9-20(14-22)15-28-25(26-4)29-16-21-10-6-7-12-23(21)31-19(3)13-18(2)30-31/h6-14H,5,15-17H2,1-4H3,(H,27,32)(H2,26,28,29). The highest BCUT2D eigenvalue weighted by Crippen LogP contribution is 2.17. The summed E-state index contributed by atoms with van der Waals surface area (Å²) in [5.74, 6) is 1.21. The monoisotopic (exact) mass is 448 g/mol. The number of nitrogens with one attached hydrogen (secondary N) is 3. The Balaban J connectivity index is 1.58. The molecule has 0 bridgehead atoms. The Morgan fingerprint density at radius 2 is 1.82 bits per heavy atom. The lowest BCUT2D eigenvalue weighted by Crippen LogP contribution is -2.36. The van der Waals surface area contributed by atoms with E-state index in [1.54, 1.807) is 7.05 Å². The van der Waals surface area contributed by atoms with E-state index in [0.29, 0.717) is 31.3 Å². The highest BCUT2D eigenvalue weighted by Gasteiger charge is 2.09. The van der Waals surface area contributed by atoms with Gasteiger partial charge >= 0.3 is 0 Å². The van der Waals surface area contributed by atoms with Gasteiger partial charge in [0, 0.05) is 32.4 Å². The first-order chi connectivity index (χ1) is 16.0. The van der Waals surface area contributed by atoms with Gasteiger partial charge in [0.05, 0.1) is 11.4 Å². The number of ether oxygens (including phenoxy) is 1. The molecule has 0 radical (unpaired) electrons. The molecule has 1 heterocycles. The molecule has 33 heavy (non-hydrogen) atoms. The third-order valence-electron chi connectivity index (χ3n) is 5.00. The van der Waals surface area contributed by atoms with Gasteiger partial charge in [0.25, 0.3) is 5.91 Å². The van der Waals surface area contributed by atoms with E-state index < -0.39 is 0 Å². The van der Waals surface area contributed by atoms with E-state index >= 15 is 0 Å². The van der Waals surface area contributed by atoms with E-state index in [2.05, 4.69) is 51.2 Å². The fraction of sp³-hybridized carbons (Fsp3) is 0.320. The predicted octanol–water partition coefficient (Wildman–Crippen LogP) is 2.87. The number of guanidine groups is 1. The number of benzene rings is 2. The van der Waals surface area contributed by atoms with Crippen LogP contribution in [0.2, 0.25) is 0 Å². The molecule has 0 aliphatic heterocycles. The SMILES string of the molecule is CCNC(=O)COc1cccc(CNC(=NC)NCc2ccccc2-n2nc(C)cc2C)c1. The van der Waals surface area contributed by atoms with Crippen LogP contribution in [0.3, 0.4) is 0 Å². The number of aryl methyl sites for hydroxylation is 2. The average Bonchev–Trinajstić information content (AvgIpc) is 3.16. The summed E-state index contributed by atoms with van der Waals surface area (Å²) in [7, 11) is 1.74. The van der Waals surface area contributed by atoms with E-state index in [0.717, 1.165) is 28.2 Å². The van der Waals surface area contributed by atoms with Crippen LogP contribution in [0.1, 0.15) is 29.4 Å². The second-order valence-corrected chi connectivity index (χ2v) is 7.64. The summed E-state index contributed by atoms with van der Waals surface area (Å²) in [6, 6.07) is 17.9. The molecule has 3 aromatic rings. The number of aromatic nitrogens is 2. The predicted molar refractivity (Wildman–Crippen MR) is 131 cm³/mol. The molecule has 0 aliphatic carbocycles. The summed E-state index contributed by atoms with van der Waals surface area (Å²) >= 11 is 0. The largest absolute Gasteiger partial charge is 0.484 e. The lowest BCUT2D eigenvalue weighted by atomic mass is 10.1. The Bertz CT molecular complexity index is 1110. The second kappa shape index (κ2) is 11.7. The fourth-order valence-electron chi connectivity index (χ4n) is 3.47. The molecule has 174 valence electrons. The zero-order valence-electron chi connectivity index (χ0n) is 19.7. The number of hydrogen-bond donors (Lipinski definition) is 3. The van der Waals surface area contributed by atoms with Crippen LogP contribution in [-0.4, -0.2) is 41.8 Å². The molecule has 0 unspecified atom stereocenters. The van der Waals surface area contributed by atoms with Crippen molar-refractivity contribution in [2.75, 3.05) is 20.2 Å². The van der Waals surface area contributed by atoms with Gasteiger partial charge < -0.3 is 20.7 Å². The molecule has 8 nitrogen and oxygen atoms in total. The minimum atomic E-state index is -0.133. The van der Waals surface area contributed by atoms with Crippen molar-refractivity contribution >= 4 is 11.9 Å². The van der Waals surface area contributed by atoms with Crippen molar-refractivity contribution in [2.45, 2.75) is 33.9 Å². The van der Waals surface area contributed by atoms with E-state index in [-0.39, 0.29) is 12.5 Å². The van der Waals surface area contributed by atoms with Gasteiger partial charge in [-0.25, -0.2) is 4.68 Å².